The average molecular weight is 366 g/mol. The quantitative estimate of drug-likeness (QED) is 0.835. The minimum absolute atomic E-state index is 0.0155. The number of hydrogen-bond donors (Lipinski definition) is 1. The molecule has 0 radical (unpaired) electrons. The first-order valence-corrected chi connectivity index (χ1v) is 6.68. The van der Waals surface area contributed by atoms with E-state index in [1.165, 1.54) is 4.90 Å². The number of likely N-dealkylation sites (tertiary alicyclic amines) is 1. The van der Waals surface area contributed by atoms with Crippen LogP contribution in [0, 0.1) is 3.57 Å². The van der Waals surface area contributed by atoms with Gasteiger partial charge in [-0.15, -0.1) is 0 Å². The number of rotatable bonds is 3. The molecule has 1 fully saturated rings. The topological polar surface area (TPSA) is 32.3 Å². The third kappa shape index (κ3) is 3.88. The standard InChI is InChI=1S/C12H13F2IN2O/c13-12(14)5-6-17(8-12)7-11(18)16-10-3-1-9(15)2-4-10/h1-4H,5-8H2,(H,16,18). The molecule has 0 aliphatic carbocycles. The smallest absolute Gasteiger partial charge is 0.261 e. The Balaban J connectivity index is 1.84. The highest BCUT2D eigenvalue weighted by atomic mass is 127. The molecule has 0 aromatic heterocycles. The molecule has 0 unspecified atom stereocenters. The molecule has 0 saturated carbocycles. The Morgan fingerprint density at radius 1 is 1.39 bits per heavy atom. The summed E-state index contributed by atoms with van der Waals surface area (Å²) in [5, 5.41) is 2.69. The summed E-state index contributed by atoms with van der Waals surface area (Å²) in [7, 11) is 0. The third-order valence-corrected chi connectivity index (χ3v) is 3.46. The first-order valence-electron chi connectivity index (χ1n) is 5.60. The van der Waals surface area contributed by atoms with Crippen LogP contribution in [0.1, 0.15) is 6.42 Å². The van der Waals surface area contributed by atoms with E-state index in [0.29, 0.717) is 5.69 Å². The van der Waals surface area contributed by atoms with Gasteiger partial charge in [0.2, 0.25) is 5.91 Å². The molecule has 1 saturated heterocycles. The van der Waals surface area contributed by atoms with E-state index in [4.69, 9.17) is 0 Å². The van der Waals surface area contributed by atoms with E-state index in [1.54, 1.807) is 12.1 Å². The van der Waals surface area contributed by atoms with Gasteiger partial charge in [0.05, 0.1) is 13.1 Å². The SMILES string of the molecule is O=C(CN1CCC(F)(F)C1)Nc1ccc(I)cc1. The van der Waals surface area contributed by atoms with Crippen LogP contribution in [0.2, 0.25) is 0 Å². The Hall–Kier alpha value is -0.760. The molecule has 2 rings (SSSR count). The highest BCUT2D eigenvalue weighted by molar-refractivity contribution is 14.1. The second-order valence-electron chi connectivity index (χ2n) is 4.37. The van der Waals surface area contributed by atoms with Gasteiger partial charge in [-0.25, -0.2) is 8.78 Å². The van der Waals surface area contributed by atoms with Gasteiger partial charge in [-0.05, 0) is 46.9 Å². The molecule has 1 aliphatic heterocycles. The van der Waals surface area contributed by atoms with Gasteiger partial charge in [0.25, 0.3) is 5.92 Å². The summed E-state index contributed by atoms with van der Waals surface area (Å²) >= 11 is 2.17. The van der Waals surface area contributed by atoms with Crippen molar-refractivity contribution in [3.05, 3.63) is 27.8 Å². The van der Waals surface area contributed by atoms with Crippen molar-refractivity contribution in [2.75, 3.05) is 25.0 Å². The average Bonchev–Trinajstić information content (AvgIpc) is 2.61. The molecule has 0 atom stereocenters. The van der Waals surface area contributed by atoms with E-state index in [2.05, 4.69) is 27.9 Å². The molecule has 1 amide bonds. The van der Waals surface area contributed by atoms with Crippen molar-refractivity contribution >= 4 is 34.2 Å². The molecular formula is C12H13F2IN2O. The summed E-state index contributed by atoms with van der Waals surface area (Å²) in [5.41, 5.74) is 0.686. The summed E-state index contributed by atoms with van der Waals surface area (Å²) < 4.78 is 27.0. The molecule has 3 nitrogen and oxygen atoms in total. The van der Waals surface area contributed by atoms with Gasteiger partial charge < -0.3 is 5.32 Å². The van der Waals surface area contributed by atoms with Crippen molar-refractivity contribution in [3.8, 4) is 0 Å². The fraction of sp³-hybridized carbons (Fsp3) is 0.417. The highest BCUT2D eigenvalue weighted by Gasteiger charge is 2.38. The van der Waals surface area contributed by atoms with Crippen LogP contribution in [0.5, 0.6) is 0 Å². The van der Waals surface area contributed by atoms with Crippen LogP contribution < -0.4 is 5.32 Å². The fourth-order valence-electron chi connectivity index (χ4n) is 1.88. The minimum atomic E-state index is -2.65. The molecule has 98 valence electrons. The molecule has 1 aromatic rings. The van der Waals surface area contributed by atoms with E-state index >= 15 is 0 Å². The number of amides is 1. The molecule has 18 heavy (non-hydrogen) atoms. The first kappa shape index (κ1) is 13.7. The maximum absolute atomic E-state index is 12.9. The van der Waals surface area contributed by atoms with Gasteiger partial charge in [-0.1, -0.05) is 0 Å². The van der Waals surface area contributed by atoms with E-state index in [0.717, 1.165) is 3.57 Å². The number of nitrogens with zero attached hydrogens (tertiary/aromatic N) is 1. The molecule has 1 aliphatic rings. The van der Waals surface area contributed by atoms with Gasteiger partial charge in [0.15, 0.2) is 0 Å². The predicted octanol–water partition coefficient (Wildman–Crippen LogP) is 2.57. The lowest BCUT2D eigenvalue weighted by Gasteiger charge is -2.15. The second kappa shape index (κ2) is 5.48. The number of benzene rings is 1. The van der Waals surface area contributed by atoms with Gasteiger partial charge >= 0.3 is 0 Å². The Morgan fingerprint density at radius 2 is 2.06 bits per heavy atom. The number of hydrogen-bond acceptors (Lipinski definition) is 2. The summed E-state index contributed by atoms with van der Waals surface area (Å²) in [6.45, 7) is -0.0399. The van der Waals surface area contributed by atoms with E-state index < -0.39 is 5.92 Å². The molecule has 0 bridgehead atoms. The van der Waals surface area contributed by atoms with Crippen LogP contribution in [0.15, 0.2) is 24.3 Å². The van der Waals surface area contributed by atoms with Crippen molar-refractivity contribution in [2.24, 2.45) is 0 Å². The molecule has 1 N–H and O–H groups in total. The molecule has 1 heterocycles. The maximum atomic E-state index is 12.9. The summed E-state index contributed by atoms with van der Waals surface area (Å²) in [4.78, 5) is 13.1. The Morgan fingerprint density at radius 3 is 2.61 bits per heavy atom. The molecule has 1 aromatic carbocycles. The van der Waals surface area contributed by atoms with Gasteiger partial charge in [0.1, 0.15) is 0 Å². The Bertz CT molecular complexity index is 436. The van der Waals surface area contributed by atoms with Crippen LogP contribution in [0.4, 0.5) is 14.5 Å². The van der Waals surface area contributed by atoms with Crippen molar-refractivity contribution in [1.29, 1.82) is 0 Å². The number of carbonyl (C=O) groups excluding carboxylic acids is 1. The van der Waals surface area contributed by atoms with E-state index in [1.807, 2.05) is 12.1 Å². The Labute approximate surface area is 118 Å². The van der Waals surface area contributed by atoms with Crippen LogP contribution in [0.25, 0.3) is 0 Å². The van der Waals surface area contributed by atoms with Gasteiger partial charge in [0, 0.05) is 22.2 Å². The van der Waals surface area contributed by atoms with Crippen LogP contribution in [0.3, 0.4) is 0 Å². The van der Waals surface area contributed by atoms with Crippen LogP contribution >= 0.6 is 22.6 Å². The monoisotopic (exact) mass is 366 g/mol. The lowest BCUT2D eigenvalue weighted by atomic mass is 10.3. The number of nitrogens with one attached hydrogen (secondary N) is 1. The van der Waals surface area contributed by atoms with Gasteiger partial charge in [-0.3, -0.25) is 9.69 Å². The van der Waals surface area contributed by atoms with Gasteiger partial charge in [-0.2, -0.15) is 0 Å². The number of halogens is 3. The summed E-state index contributed by atoms with van der Waals surface area (Å²) in [6.07, 6.45) is -0.163. The summed E-state index contributed by atoms with van der Waals surface area (Å²) in [6, 6.07) is 7.33. The second-order valence-corrected chi connectivity index (χ2v) is 5.62. The maximum Gasteiger partial charge on any atom is 0.261 e. The zero-order chi connectivity index (χ0) is 13.2. The fourth-order valence-corrected chi connectivity index (χ4v) is 2.24. The van der Waals surface area contributed by atoms with E-state index in [9.17, 15) is 13.6 Å². The van der Waals surface area contributed by atoms with Crippen molar-refractivity contribution in [2.45, 2.75) is 12.3 Å². The lowest BCUT2D eigenvalue weighted by molar-refractivity contribution is -0.117. The minimum Gasteiger partial charge on any atom is -0.325 e. The first-order chi connectivity index (χ1) is 8.44. The van der Waals surface area contributed by atoms with Crippen molar-refractivity contribution in [1.82, 2.24) is 4.90 Å². The van der Waals surface area contributed by atoms with Crippen molar-refractivity contribution < 1.29 is 13.6 Å². The van der Waals surface area contributed by atoms with Crippen LogP contribution in [-0.2, 0) is 4.79 Å². The zero-order valence-electron chi connectivity index (χ0n) is 9.63. The molecular weight excluding hydrogens is 353 g/mol. The predicted molar refractivity (Wildman–Crippen MR) is 73.8 cm³/mol. The summed E-state index contributed by atoms with van der Waals surface area (Å²) in [5.74, 6) is -2.91. The van der Waals surface area contributed by atoms with Crippen molar-refractivity contribution in [3.63, 3.8) is 0 Å². The third-order valence-electron chi connectivity index (χ3n) is 2.74. The Kier molecular flexibility index (Phi) is 4.16. The molecule has 0 spiro atoms. The molecule has 6 heteroatoms. The number of carbonyl (C=O) groups is 1. The lowest BCUT2D eigenvalue weighted by Crippen LogP contribution is -2.33. The number of anilines is 1. The largest absolute Gasteiger partial charge is 0.325 e. The number of alkyl halides is 2. The van der Waals surface area contributed by atoms with E-state index in [-0.39, 0.29) is 32.0 Å². The zero-order valence-corrected chi connectivity index (χ0v) is 11.8. The normalized spacial score (nSPS) is 18.8. The van der Waals surface area contributed by atoms with Crippen LogP contribution in [-0.4, -0.2) is 36.4 Å². The highest BCUT2D eigenvalue weighted by Crippen LogP contribution is 2.26.